The van der Waals surface area contributed by atoms with Crippen molar-refractivity contribution in [1.29, 1.82) is 0 Å². The van der Waals surface area contributed by atoms with Gasteiger partial charge in [-0.25, -0.2) is 4.57 Å². The maximum Gasteiger partial charge on any atom is 0.220 e. The second-order valence-electron chi connectivity index (χ2n) is 10.1. The molecule has 0 unspecified atom stereocenters. The molecule has 1 aliphatic rings. The van der Waals surface area contributed by atoms with E-state index >= 15 is 0 Å². The van der Waals surface area contributed by atoms with E-state index in [0.717, 1.165) is 11.2 Å². The van der Waals surface area contributed by atoms with Crippen molar-refractivity contribution >= 4 is 61.9 Å². The van der Waals surface area contributed by atoms with Crippen molar-refractivity contribution in [1.82, 2.24) is 0 Å². The van der Waals surface area contributed by atoms with Gasteiger partial charge in [0.1, 0.15) is 26.3 Å². The summed E-state index contributed by atoms with van der Waals surface area (Å²) < 4.78 is 8.76. The normalized spacial score (nSPS) is 14.5. The molecule has 3 heteroatoms. The van der Waals surface area contributed by atoms with Crippen LogP contribution >= 0.6 is 0 Å². The van der Waals surface area contributed by atoms with E-state index in [1.807, 2.05) is 0 Å². The van der Waals surface area contributed by atoms with E-state index in [4.69, 9.17) is 4.42 Å². The van der Waals surface area contributed by atoms with Gasteiger partial charge in [0.25, 0.3) is 0 Å². The molecule has 7 rings (SSSR count). The van der Waals surface area contributed by atoms with Gasteiger partial charge in [-0.3, -0.25) is 0 Å². The van der Waals surface area contributed by atoms with Crippen molar-refractivity contribution in [3.8, 4) is 11.3 Å². The van der Waals surface area contributed by atoms with Crippen molar-refractivity contribution in [2.75, 3.05) is 0 Å². The van der Waals surface area contributed by atoms with E-state index in [1.165, 1.54) is 59.9 Å². The minimum atomic E-state index is -2.02. The number of furan rings is 1. The Kier molecular flexibility index (Phi) is 3.54. The third-order valence-corrected chi connectivity index (χ3v) is 11.6. The highest BCUT2D eigenvalue weighted by molar-refractivity contribution is 7.03. The van der Waals surface area contributed by atoms with Crippen molar-refractivity contribution < 1.29 is 8.98 Å². The highest BCUT2D eigenvalue weighted by Crippen LogP contribution is 2.41. The Morgan fingerprint density at radius 3 is 2.15 bits per heavy atom. The molecule has 3 heterocycles. The summed E-state index contributed by atoms with van der Waals surface area (Å²) in [6, 6.07) is 22.0. The van der Waals surface area contributed by atoms with Crippen LogP contribution in [0.3, 0.4) is 0 Å². The van der Waals surface area contributed by atoms with E-state index < -0.39 is 8.07 Å². The van der Waals surface area contributed by atoms with Crippen LogP contribution in [0.5, 0.6) is 0 Å². The maximum absolute atomic E-state index is 6.42. The fourth-order valence-electron chi connectivity index (χ4n) is 6.56. The maximum atomic E-state index is 6.42. The van der Waals surface area contributed by atoms with E-state index in [2.05, 4.69) is 105 Å². The monoisotopic (exact) mass is 444 g/mol. The molecule has 2 aromatic heterocycles. The molecule has 0 fully saturated rings. The van der Waals surface area contributed by atoms with Crippen molar-refractivity contribution in [3.05, 3.63) is 78.0 Å². The summed E-state index contributed by atoms with van der Waals surface area (Å²) in [4.78, 5) is 0. The molecule has 0 saturated carbocycles. The van der Waals surface area contributed by atoms with E-state index in [9.17, 15) is 0 Å². The van der Waals surface area contributed by atoms with Crippen LogP contribution in [0.2, 0.25) is 13.1 Å². The molecule has 4 aromatic carbocycles. The first-order valence-corrected chi connectivity index (χ1v) is 14.7. The quantitative estimate of drug-likeness (QED) is 0.203. The van der Waals surface area contributed by atoms with E-state index in [0.29, 0.717) is 0 Å². The molecule has 0 atom stereocenters. The summed E-state index contributed by atoms with van der Waals surface area (Å²) in [6.45, 7) is 9.69. The minimum absolute atomic E-state index is 0.968. The Morgan fingerprint density at radius 2 is 1.39 bits per heavy atom. The van der Waals surface area contributed by atoms with Crippen LogP contribution in [0.15, 0.2) is 71.3 Å². The molecule has 33 heavy (non-hydrogen) atoms. The molecule has 1 aliphatic heterocycles. The van der Waals surface area contributed by atoms with E-state index in [-0.39, 0.29) is 0 Å². The number of fused-ring (bicyclic) bond motifs is 7. The fraction of sp³-hybridized carbons (Fsp3) is 0.167. The number of hydrogen-bond acceptors (Lipinski definition) is 1. The lowest BCUT2D eigenvalue weighted by Gasteiger charge is -2.35. The number of para-hydroxylation sites is 1. The largest absolute Gasteiger partial charge is 0.456 e. The highest BCUT2D eigenvalue weighted by atomic mass is 28.3. The molecule has 2 nitrogen and oxygen atoms in total. The lowest BCUT2D eigenvalue weighted by molar-refractivity contribution is -0.659. The molecule has 0 saturated heterocycles. The summed E-state index contributed by atoms with van der Waals surface area (Å²) >= 11 is 0. The average Bonchev–Trinajstić information content (AvgIpc) is 3.19. The number of nitrogens with zero attached hydrogens (tertiary/aromatic N) is 1. The Morgan fingerprint density at radius 1 is 0.727 bits per heavy atom. The Hall–Kier alpha value is -3.43. The third-order valence-electron chi connectivity index (χ3n) is 8.03. The average molecular weight is 445 g/mol. The Balaban J connectivity index is 1.80. The first-order chi connectivity index (χ1) is 15.9. The SMILES string of the molecule is Cc1c2c(c(C)c3ccccc13)[Si](C)(C)c1cc3oc4ccccc4c3c3cc[n+](C)c-2c13. The standard InChI is InChI=1S/C30H26NOSi/c1-17-19-10-6-7-11-20(19)18(2)30-26(17)29-28-22(14-15-31(29)3)27-21-12-8-9-13-23(21)32-24(27)16-25(28)33(30,4)5/h6-16H,1-5H3/q+1. The van der Waals surface area contributed by atoms with Gasteiger partial charge in [0.05, 0.1) is 10.9 Å². The number of benzene rings is 4. The number of aryl methyl sites for hydroxylation is 3. The lowest BCUT2D eigenvalue weighted by Crippen LogP contribution is -2.58. The van der Waals surface area contributed by atoms with Gasteiger partial charge in [-0.1, -0.05) is 55.6 Å². The van der Waals surface area contributed by atoms with Gasteiger partial charge in [-0.05, 0) is 58.3 Å². The number of pyridine rings is 1. The van der Waals surface area contributed by atoms with Crippen LogP contribution < -0.4 is 14.9 Å². The smallest absolute Gasteiger partial charge is 0.220 e. The van der Waals surface area contributed by atoms with Crippen molar-refractivity contribution in [2.45, 2.75) is 26.9 Å². The van der Waals surface area contributed by atoms with Gasteiger partial charge < -0.3 is 4.42 Å². The van der Waals surface area contributed by atoms with Crippen LogP contribution in [0.1, 0.15) is 11.1 Å². The topological polar surface area (TPSA) is 17.0 Å². The fourth-order valence-corrected chi connectivity index (χ4v) is 10.2. The third kappa shape index (κ3) is 2.21. The van der Waals surface area contributed by atoms with Gasteiger partial charge in [0, 0.05) is 22.2 Å². The first kappa shape index (κ1) is 19.1. The van der Waals surface area contributed by atoms with Crippen LogP contribution in [-0.2, 0) is 7.05 Å². The number of rotatable bonds is 0. The van der Waals surface area contributed by atoms with Crippen molar-refractivity contribution in [2.24, 2.45) is 7.05 Å². The summed E-state index contributed by atoms with van der Waals surface area (Å²) in [7, 11) is 0.181. The van der Waals surface area contributed by atoms with Crippen molar-refractivity contribution in [3.63, 3.8) is 0 Å². The molecule has 0 amide bonds. The van der Waals surface area contributed by atoms with Gasteiger partial charge in [0.2, 0.25) is 5.69 Å². The zero-order valence-electron chi connectivity index (χ0n) is 19.7. The van der Waals surface area contributed by atoms with Crippen LogP contribution in [0, 0.1) is 13.8 Å². The molecular formula is C30H26NOSi+. The molecule has 160 valence electrons. The molecular weight excluding hydrogens is 418 g/mol. The van der Waals surface area contributed by atoms with E-state index in [1.54, 1.807) is 5.19 Å². The van der Waals surface area contributed by atoms with Crippen LogP contribution in [-0.4, -0.2) is 8.07 Å². The highest BCUT2D eigenvalue weighted by Gasteiger charge is 2.42. The summed E-state index contributed by atoms with van der Waals surface area (Å²) in [5, 5.41) is 11.0. The zero-order valence-corrected chi connectivity index (χ0v) is 20.7. The van der Waals surface area contributed by atoms with Gasteiger partial charge in [-0.15, -0.1) is 0 Å². The predicted molar refractivity (Wildman–Crippen MR) is 142 cm³/mol. The number of hydrogen-bond donors (Lipinski definition) is 0. The summed E-state index contributed by atoms with van der Waals surface area (Å²) in [6.07, 6.45) is 2.23. The lowest BCUT2D eigenvalue weighted by atomic mass is 9.90. The Labute approximate surface area is 194 Å². The van der Waals surface area contributed by atoms with Crippen LogP contribution in [0.25, 0.3) is 54.7 Å². The second-order valence-corrected chi connectivity index (χ2v) is 14.4. The first-order valence-electron chi connectivity index (χ1n) is 11.7. The van der Waals surface area contributed by atoms with Gasteiger partial charge in [-0.2, -0.15) is 0 Å². The zero-order chi connectivity index (χ0) is 22.6. The Bertz CT molecular complexity index is 1820. The number of aromatic nitrogens is 1. The second kappa shape index (κ2) is 6.12. The molecule has 0 radical (unpaired) electrons. The van der Waals surface area contributed by atoms with Crippen LogP contribution in [0.4, 0.5) is 0 Å². The molecule has 0 spiro atoms. The molecule has 0 bridgehead atoms. The molecule has 0 aliphatic carbocycles. The predicted octanol–water partition coefficient (Wildman–Crippen LogP) is 6.14. The minimum Gasteiger partial charge on any atom is -0.456 e. The molecule has 0 N–H and O–H groups in total. The van der Waals surface area contributed by atoms with Gasteiger partial charge >= 0.3 is 0 Å². The summed E-state index contributed by atoms with van der Waals surface area (Å²) in [5.74, 6) is 0. The van der Waals surface area contributed by atoms with Gasteiger partial charge in [0.15, 0.2) is 6.20 Å². The molecule has 6 aromatic rings. The summed E-state index contributed by atoms with van der Waals surface area (Å²) in [5.41, 5.74) is 7.62.